The molecule has 2 aliphatic heterocycles. The summed E-state index contributed by atoms with van der Waals surface area (Å²) in [5.41, 5.74) is 7.80. The van der Waals surface area contributed by atoms with Gasteiger partial charge in [-0.05, 0) is 30.5 Å². The van der Waals surface area contributed by atoms with Gasteiger partial charge in [-0.1, -0.05) is 24.3 Å². The van der Waals surface area contributed by atoms with Gasteiger partial charge in [0.15, 0.2) is 9.84 Å². The Balaban J connectivity index is 1.82. The molecule has 108 valence electrons. The van der Waals surface area contributed by atoms with E-state index in [1.807, 2.05) is 24.3 Å². The highest BCUT2D eigenvalue weighted by Crippen LogP contribution is 2.35. The quantitative estimate of drug-likeness (QED) is 0.853. The molecule has 2 bridgehead atoms. The molecule has 2 N–H and O–H groups in total. The van der Waals surface area contributed by atoms with E-state index < -0.39 is 15.1 Å². The first-order valence-corrected chi connectivity index (χ1v) is 8.53. The minimum atomic E-state index is -3.19. The summed E-state index contributed by atoms with van der Waals surface area (Å²) in [6.07, 6.45) is 1.23. The average Bonchev–Trinajstić information content (AvgIpc) is 2.87. The van der Waals surface area contributed by atoms with Crippen LogP contribution in [-0.2, 0) is 27.6 Å². The molecule has 0 aliphatic carbocycles. The third-order valence-corrected chi connectivity index (χ3v) is 6.33. The van der Waals surface area contributed by atoms with Gasteiger partial charge in [-0.3, -0.25) is 4.79 Å². The fourth-order valence-corrected chi connectivity index (χ4v) is 5.23. The van der Waals surface area contributed by atoms with Gasteiger partial charge in [-0.2, -0.15) is 0 Å². The lowest BCUT2D eigenvalue weighted by atomic mass is 10.0. The normalized spacial score (nSPS) is 27.2. The number of nitrogens with zero attached hydrogens (tertiary/aromatic N) is 1. The Morgan fingerprint density at radius 1 is 1.25 bits per heavy atom. The van der Waals surface area contributed by atoms with Crippen molar-refractivity contribution in [2.45, 2.75) is 30.7 Å². The zero-order valence-electron chi connectivity index (χ0n) is 11.2. The number of hydrogen-bond acceptors (Lipinski definition) is 4. The summed E-state index contributed by atoms with van der Waals surface area (Å²) in [5, 5.41) is -0.797. The molecule has 2 saturated heterocycles. The Hall–Kier alpha value is -1.40. The molecule has 6 heteroatoms. The van der Waals surface area contributed by atoms with Crippen LogP contribution in [0.4, 0.5) is 0 Å². The fraction of sp³-hybridized carbons (Fsp3) is 0.500. The van der Waals surface area contributed by atoms with E-state index in [2.05, 4.69) is 0 Å². The Labute approximate surface area is 118 Å². The molecule has 5 nitrogen and oxygen atoms in total. The van der Waals surface area contributed by atoms with Gasteiger partial charge in [0, 0.05) is 12.6 Å². The van der Waals surface area contributed by atoms with Crippen LogP contribution >= 0.6 is 0 Å². The number of fused-ring (bicyclic) bond motifs is 2. The van der Waals surface area contributed by atoms with Crippen LogP contribution in [0.25, 0.3) is 0 Å². The van der Waals surface area contributed by atoms with E-state index in [0.29, 0.717) is 19.5 Å². The first kappa shape index (κ1) is 13.6. The number of carbonyl (C=O) groups is 1. The number of amides is 1. The Kier molecular flexibility index (Phi) is 3.30. The zero-order valence-corrected chi connectivity index (χ0v) is 12.0. The molecule has 1 amide bonds. The van der Waals surface area contributed by atoms with Gasteiger partial charge in [-0.25, -0.2) is 8.42 Å². The molecule has 2 unspecified atom stereocenters. The second-order valence-corrected chi connectivity index (χ2v) is 7.71. The second-order valence-electron chi connectivity index (χ2n) is 5.48. The Bertz CT molecular complexity index is 642. The molecule has 0 aromatic heterocycles. The predicted molar refractivity (Wildman–Crippen MR) is 75.7 cm³/mol. The Morgan fingerprint density at radius 2 is 1.95 bits per heavy atom. The van der Waals surface area contributed by atoms with Crippen molar-refractivity contribution in [2.24, 2.45) is 5.73 Å². The average molecular weight is 294 g/mol. The molecule has 0 saturated carbocycles. The van der Waals surface area contributed by atoms with Crippen LogP contribution < -0.4 is 5.73 Å². The maximum absolute atomic E-state index is 12.2. The monoisotopic (exact) mass is 294 g/mol. The zero-order chi connectivity index (χ0) is 14.3. The van der Waals surface area contributed by atoms with Crippen molar-refractivity contribution in [2.75, 3.05) is 12.3 Å². The topological polar surface area (TPSA) is 80.5 Å². The summed E-state index contributed by atoms with van der Waals surface area (Å²) in [6, 6.07) is 7.74. The lowest BCUT2D eigenvalue weighted by molar-refractivity contribution is -0.129. The lowest BCUT2D eigenvalue weighted by Gasteiger charge is -2.27. The molecule has 20 heavy (non-hydrogen) atoms. The van der Waals surface area contributed by atoms with Crippen molar-refractivity contribution < 1.29 is 13.2 Å². The van der Waals surface area contributed by atoms with Crippen molar-refractivity contribution in [3.8, 4) is 0 Å². The van der Waals surface area contributed by atoms with Crippen LogP contribution in [0, 0.1) is 0 Å². The van der Waals surface area contributed by atoms with E-state index in [9.17, 15) is 13.2 Å². The third kappa shape index (κ3) is 2.13. The minimum absolute atomic E-state index is 0.114. The number of benzene rings is 1. The van der Waals surface area contributed by atoms with Crippen LogP contribution in [0.2, 0.25) is 0 Å². The van der Waals surface area contributed by atoms with E-state index in [0.717, 1.165) is 17.5 Å². The molecular weight excluding hydrogens is 276 g/mol. The fourth-order valence-electron chi connectivity index (χ4n) is 3.18. The molecular formula is C14H18N2O3S. The van der Waals surface area contributed by atoms with Crippen LogP contribution in [0.5, 0.6) is 0 Å². The van der Waals surface area contributed by atoms with Gasteiger partial charge in [-0.15, -0.1) is 0 Å². The number of sulfone groups is 1. The molecule has 2 atom stereocenters. The lowest BCUT2D eigenvalue weighted by Crippen LogP contribution is -2.44. The summed E-state index contributed by atoms with van der Waals surface area (Å²) in [7, 11) is -3.19. The van der Waals surface area contributed by atoms with Gasteiger partial charge in [0.25, 0.3) is 0 Å². The van der Waals surface area contributed by atoms with Gasteiger partial charge < -0.3 is 10.6 Å². The van der Waals surface area contributed by atoms with Crippen LogP contribution in [0.15, 0.2) is 24.3 Å². The molecule has 2 heterocycles. The maximum Gasteiger partial charge on any atom is 0.241 e. The summed E-state index contributed by atoms with van der Waals surface area (Å²) in [5.74, 6) is -0.119. The van der Waals surface area contributed by atoms with Crippen molar-refractivity contribution in [3.63, 3.8) is 0 Å². The summed E-state index contributed by atoms with van der Waals surface area (Å²) >= 11 is 0. The van der Waals surface area contributed by atoms with Crippen LogP contribution in [0.1, 0.15) is 17.5 Å². The predicted octanol–water partition coefficient (Wildman–Crippen LogP) is 0.0857. The summed E-state index contributed by atoms with van der Waals surface area (Å²) < 4.78 is 23.5. The number of carbonyl (C=O) groups excluding carboxylic acids is 1. The first-order chi connectivity index (χ1) is 9.53. The molecule has 3 rings (SSSR count). The van der Waals surface area contributed by atoms with E-state index in [1.54, 1.807) is 4.90 Å². The number of likely N-dealkylation sites (tertiary alicyclic amines) is 1. The summed E-state index contributed by atoms with van der Waals surface area (Å²) in [4.78, 5) is 13.9. The highest BCUT2D eigenvalue weighted by molar-refractivity contribution is 7.93. The standard InChI is InChI=1S/C14H18N2O3S/c15-6-5-10-3-1-2-4-11(10)8-16-12-7-13(14(16)17)20(18,19)9-12/h1-4,12-13H,5-9,15H2. The maximum atomic E-state index is 12.2. The van der Waals surface area contributed by atoms with Crippen molar-refractivity contribution in [3.05, 3.63) is 35.4 Å². The third-order valence-electron chi connectivity index (χ3n) is 4.22. The Morgan fingerprint density at radius 3 is 2.55 bits per heavy atom. The second kappa shape index (κ2) is 4.86. The van der Waals surface area contributed by atoms with Gasteiger partial charge in [0.05, 0.1) is 5.75 Å². The van der Waals surface area contributed by atoms with Crippen LogP contribution in [-0.4, -0.2) is 42.8 Å². The number of rotatable bonds is 4. The van der Waals surface area contributed by atoms with Crippen molar-refractivity contribution in [1.29, 1.82) is 0 Å². The van der Waals surface area contributed by atoms with E-state index in [1.165, 1.54) is 0 Å². The minimum Gasteiger partial charge on any atom is -0.333 e. The van der Waals surface area contributed by atoms with Gasteiger partial charge in [0.2, 0.25) is 5.91 Å². The van der Waals surface area contributed by atoms with Gasteiger partial charge >= 0.3 is 0 Å². The number of hydrogen-bond donors (Lipinski definition) is 1. The SMILES string of the molecule is NCCc1ccccc1CN1C(=O)C2CC1CS2(=O)=O. The first-order valence-electron chi connectivity index (χ1n) is 6.82. The highest BCUT2D eigenvalue weighted by atomic mass is 32.2. The van der Waals surface area contributed by atoms with Gasteiger partial charge in [0.1, 0.15) is 5.25 Å². The van der Waals surface area contributed by atoms with Crippen LogP contribution in [0.3, 0.4) is 0 Å². The summed E-state index contributed by atoms with van der Waals surface area (Å²) in [6.45, 7) is 1.05. The molecule has 1 aromatic carbocycles. The molecule has 2 fully saturated rings. The molecule has 2 aliphatic rings. The van der Waals surface area contributed by atoms with Crippen molar-refractivity contribution >= 4 is 15.7 Å². The van der Waals surface area contributed by atoms with E-state index in [-0.39, 0.29) is 17.7 Å². The molecule has 0 spiro atoms. The molecule has 1 aromatic rings. The molecule has 0 radical (unpaired) electrons. The van der Waals surface area contributed by atoms with E-state index in [4.69, 9.17) is 5.73 Å². The largest absolute Gasteiger partial charge is 0.333 e. The van der Waals surface area contributed by atoms with Crippen molar-refractivity contribution in [1.82, 2.24) is 4.90 Å². The number of nitrogens with two attached hydrogens (primary N) is 1. The highest BCUT2D eigenvalue weighted by Gasteiger charge is 2.54. The van der Waals surface area contributed by atoms with E-state index >= 15 is 0 Å². The smallest absolute Gasteiger partial charge is 0.241 e.